The molecule has 0 bridgehead atoms. The zero-order chi connectivity index (χ0) is 13.5. The molecule has 0 heterocycles. The lowest BCUT2D eigenvalue weighted by atomic mass is 10.0. The highest BCUT2D eigenvalue weighted by molar-refractivity contribution is 6.32. The summed E-state index contributed by atoms with van der Waals surface area (Å²) in [6, 6.07) is 4.34. The van der Waals surface area contributed by atoms with Gasteiger partial charge < -0.3 is 15.5 Å². The highest BCUT2D eigenvalue weighted by atomic mass is 35.5. The van der Waals surface area contributed by atoms with Crippen LogP contribution in [0.1, 0.15) is 30.1 Å². The number of aliphatic hydroxyl groups excluding tert-OH is 1. The number of benzene rings is 1. The number of aliphatic hydroxyl groups is 1. The van der Waals surface area contributed by atoms with E-state index >= 15 is 0 Å². The third kappa shape index (κ3) is 4.20. The Morgan fingerprint density at radius 2 is 2.22 bits per heavy atom. The minimum atomic E-state index is -0.228. The summed E-state index contributed by atoms with van der Waals surface area (Å²) in [4.78, 5) is 11.8. The molecule has 18 heavy (non-hydrogen) atoms. The van der Waals surface area contributed by atoms with Crippen molar-refractivity contribution in [2.75, 3.05) is 13.2 Å². The number of phenols is 1. The fourth-order valence-corrected chi connectivity index (χ4v) is 1.80. The third-order valence-corrected chi connectivity index (χ3v) is 3.18. The monoisotopic (exact) mass is 271 g/mol. The molecule has 3 N–H and O–H groups in total. The summed E-state index contributed by atoms with van der Waals surface area (Å²) in [5, 5.41) is 21.1. The van der Waals surface area contributed by atoms with Crippen LogP contribution in [0.3, 0.4) is 0 Å². The van der Waals surface area contributed by atoms with E-state index in [0.29, 0.717) is 18.5 Å². The van der Waals surface area contributed by atoms with Crippen molar-refractivity contribution in [1.82, 2.24) is 5.32 Å². The predicted octanol–water partition coefficient (Wildman–Crippen LogP) is 2.18. The maximum absolute atomic E-state index is 11.8. The Labute approximate surface area is 112 Å². The summed E-state index contributed by atoms with van der Waals surface area (Å²) in [5.74, 6) is -0.000223. The van der Waals surface area contributed by atoms with Crippen LogP contribution < -0.4 is 5.32 Å². The van der Waals surface area contributed by atoms with Crippen LogP contribution in [-0.2, 0) is 0 Å². The van der Waals surface area contributed by atoms with Crippen molar-refractivity contribution in [1.29, 1.82) is 0 Å². The van der Waals surface area contributed by atoms with Crippen molar-refractivity contribution in [3.63, 3.8) is 0 Å². The van der Waals surface area contributed by atoms with E-state index in [2.05, 4.69) is 5.32 Å². The van der Waals surface area contributed by atoms with Crippen molar-refractivity contribution in [2.24, 2.45) is 5.92 Å². The average Bonchev–Trinajstić information content (AvgIpc) is 2.37. The number of nitrogens with one attached hydrogen (secondary N) is 1. The minimum Gasteiger partial charge on any atom is -0.506 e. The molecule has 100 valence electrons. The van der Waals surface area contributed by atoms with Crippen molar-refractivity contribution >= 4 is 17.5 Å². The van der Waals surface area contributed by atoms with Gasteiger partial charge in [-0.1, -0.05) is 24.9 Å². The van der Waals surface area contributed by atoms with Crippen LogP contribution in [-0.4, -0.2) is 29.3 Å². The normalized spacial score (nSPS) is 12.2. The van der Waals surface area contributed by atoms with Gasteiger partial charge in [-0.05, 0) is 30.5 Å². The van der Waals surface area contributed by atoms with Gasteiger partial charge in [0.25, 0.3) is 5.91 Å². The smallest absolute Gasteiger partial charge is 0.251 e. The molecule has 1 amide bonds. The average molecular weight is 272 g/mol. The van der Waals surface area contributed by atoms with Gasteiger partial charge in [0.15, 0.2) is 0 Å². The second-order valence-electron chi connectivity index (χ2n) is 4.16. The largest absolute Gasteiger partial charge is 0.506 e. The topological polar surface area (TPSA) is 69.6 Å². The van der Waals surface area contributed by atoms with Gasteiger partial charge in [-0.2, -0.15) is 0 Å². The van der Waals surface area contributed by atoms with Gasteiger partial charge in [-0.3, -0.25) is 4.79 Å². The Hall–Kier alpha value is -1.26. The maximum atomic E-state index is 11.8. The lowest BCUT2D eigenvalue weighted by Crippen LogP contribution is -2.29. The number of hydrogen-bond donors (Lipinski definition) is 3. The van der Waals surface area contributed by atoms with Crippen LogP contribution >= 0.6 is 11.6 Å². The van der Waals surface area contributed by atoms with Crippen LogP contribution in [0.2, 0.25) is 5.02 Å². The lowest BCUT2D eigenvalue weighted by Gasteiger charge is -2.14. The van der Waals surface area contributed by atoms with Gasteiger partial charge in [0.05, 0.1) is 5.02 Å². The van der Waals surface area contributed by atoms with Crippen LogP contribution in [0.4, 0.5) is 0 Å². The molecule has 1 aromatic rings. The highest BCUT2D eigenvalue weighted by Gasteiger charge is 2.11. The lowest BCUT2D eigenvalue weighted by molar-refractivity contribution is 0.0943. The van der Waals surface area contributed by atoms with Crippen LogP contribution in [0.15, 0.2) is 18.2 Å². The number of carbonyl (C=O) groups is 1. The Morgan fingerprint density at radius 1 is 1.50 bits per heavy atom. The summed E-state index contributed by atoms with van der Waals surface area (Å²) in [6.45, 7) is 2.66. The molecule has 0 radical (unpaired) electrons. The molecule has 1 aromatic carbocycles. The summed E-state index contributed by atoms with van der Waals surface area (Å²) < 4.78 is 0. The molecule has 1 atom stereocenters. The number of carbonyl (C=O) groups excluding carboxylic acids is 1. The zero-order valence-electron chi connectivity index (χ0n) is 10.3. The van der Waals surface area contributed by atoms with E-state index in [9.17, 15) is 9.90 Å². The van der Waals surface area contributed by atoms with Crippen LogP contribution in [0.5, 0.6) is 5.75 Å². The van der Waals surface area contributed by atoms with E-state index in [1.807, 2.05) is 6.92 Å². The first-order valence-corrected chi connectivity index (χ1v) is 6.33. The van der Waals surface area contributed by atoms with Gasteiger partial charge in [0, 0.05) is 18.7 Å². The summed E-state index contributed by atoms with van der Waals surface area (Å²) in [5.41, 5.74) is 0.414. The first-order chi connectivity index (χ1) is 8.58. The van der Waals surface area contributed by atoms with Crippen molar-refractivity contribution in [3.8, 4) is 5.75 Å². The molecule has 0 fully saturated rings. The SMILES string of the molecule is CCC(CCO)CNC(=O)c1ccc(O)c(Cl)c1. The molecule has 0 saturated carbocycles. The van der Waals surface area contributed by atoms with Gasteiger partial charge in [-0.15, -0.1) is 0 Å². The zero-order valence-corrected chi connectivity index (χ0v) is 11.1. The molecule has 0 aliphatic heterocycles. The standard InChI is InChI=1S/C13H18ClNO3/c1-2-9(5-6-16)8-15-13(18)10-3-4-12(17)11(14)7-10/h3-4,7,9,16-17H,2,5-6,8H2,1H3,(H,15,18). The Bertz CT molecular complexity index is 409. The number of amides is 1. The Kier molecular flexibility index (Phi) is 5.95. The maximum Gasteiger partial charge on any atom is 0.251 e. The summed E-state index contributed by atoms with van der Waals surface area (Å²) in [7, 11) is 0. The molecule has 1 unspecified atom stereocenters. The molecule has 0 spiro atoms. The number of halogens is 1. The molecular weight excluding hydrogens is 254 g/mol. The second kappa shape index (κ2) is 7.24. The van der Waals surface area contributed by atoms with Crippen molar-refractivity contribution < 1.29 is 15.0 Å². The van der Waals surface area contributed by atoms with Gasteiger partial charge in [0.1, 0.15) is 5.75 Å². The molecule has 5 heteroatoms. The Balaban J connectivity index is 2.57. The van der Waals surface area contributed by atoms with Crippen molar-refractivity contribution in [3.05, 3.63) is 28.8 Å². The summed E-state index contributed by atoms with van der Waals surface area (Å²) >= 11 is 5.73. The third-order valence-electron chi connectivity index (χ3n) is 2.88. The van der Waals surface area contributed by atoms with E-state index in [1.165, 1.54) is 18.2 Å². The quantitative estimate of drug-likeness (QED) is 0.743. The number of phenolic OH excluding ortho intramolecular Hbond substituents is 1. The van der Waals surface area contributed by atoms with Crippen LogP contribution in [0, 0.1) is 5.92 Å². The molecule has 4 nitrogen and oxygen atoms in total. The number of rotatable bonds is 6. The van der Waals surface area contributed by atoms with Gasteiger partial charge >= 0.3 is 0 Å². The fourth-order valence-electron chi connectivity index (χ4n) is 1.62. The van der Waals surface area contributed by atoms with Gasteiger partial charge in [0.2, 0.25) is 0 Å². The highest BCUT2D eigenvalue weighted by Crippen LogP contribution is 2.23. The molecule has 0 aliphatic rings. The van der Waals surface area contributed by atoms with E-state index < -0.39 is 0 Å². The molecular formula is C13H18ClNO3. The first kappa shape index (κ1) is 14.8. The number of aromatic hydroxyl groups is 1. The molecule has 0 aliphatic carbocycles. The number of hydrogen-bond acceptors (Lipinski definition) is 3. The first-order valence-electron chi connectivity index (χ1n) is 5.96. The van der Waals surface area contributed by atoms with E-state index in [1.54, 1.807) is 0 Å². The van der Waals surface area contributed by atoms with Crippen molar-refractivity contribution in [2.45, 2.75) is 19.8 Å². The summed E-state index contributed by atoms with van der Waals surface area (Å²) in [6.07, 6.45) is 1.57. The van der Waals surface area contributed by atoms with Gasteiger partial charge in [-0.25, -0.2) is 0 Å². The fraction of sp³-hybridized carbons (Fsp3) is 0.462. The second-order valence-corrected chi connectivity index (χ2v) is 4.57. The molecule has 0 saturated heterocycles. The predicted molar refractivity (Wildman–Crippen MR) is 70.9 cm³/mol. The minimum absolute atomic E-state index is 0.0417. The molecule has 0 aromatic heterocycles. The van der Waals surface area contributed by atoms with Crippen LogP contribution in [0.25, 0.3) is 0 Å². The van der Waals surface area contributed by atoms with E-state index in [0.717, 1.165) is 6.42 Å². The molecule has 1 rings (SSSR count). The Morgan fingerprint density at radius 3 is 2.78 bits per heavy atom. The van der Waals surface area contributed by atoms with E-state index in [-0.39, 0.29) is 29.2 Å². The van der Waals surface area contributed by atoms with E-state index in [4.69, 9.17) is 16.7 Å².